The molecule has 1 heterocycles. The SMILES string of the molecule is CCC[C@H](NC(=O)Cc1cc(F)cc(F)c1)C(=O)Nc1nc(C(=O)O)c(-c2ccccc2Oc2ccc(F)cc2)s1. The Morgan fingerprint density at radius 2 is 1.66 bits per heavy atom. The number of anilines is 1. The Bertz CT molecular complexity index is 1560. The molecule has 0 aliphatic heterocycles. The maximum Gasteiger partial charge on any atom is 0.356 e. The van der Waals surface area contributed by atoms with Gasteiger partial charge in [0.1, 0.15) is 35.0 Å². The summed E-state index contributed by atoms with van der Waals surface area (Å²) >= 11 is 0.897. The molecule has 3 N–H and O–H groups in total. The summed E-state index contributed by atoms with van der Waals surface area (Å²) in [5, 5.41) is 14.9. The number of nitrogens with one attached hydrogen (secondary N) is 2. The van der Waals surface area contributed by atoms with Gasteiger partial charge in [-0.25, -0.2) is 22.9 Å². The molecule has 4 rings (SSSR count). The second-order valence-electron chi connectivity index (χ2n) is 8.91. The number of benzene rings is 3. The fourth-order valence-corrected chi connectivity index (χ4v) is 4.96. The second-order valence-corrected chi connectivity index (χ2v) is 9.91. The Kier molecular flexibility index (Phi) is 9.35. The third-order valence-electron chi connectivity index (χ3n) is 5.75. The summed E-state index contributed by atoms with van der Waals surface area (Å²) in [5.74, 6) is -4.08. The molecule has 8 nitrogen and oxygen atoms in total. The zero-order chi connectivity index (χ0) is 29.5. The average molecular weight is 584 g/mol. The van der Waals surface area contributed by atoms with Crippen molar-refractivity contribution in [3.8, 4) is 21.9 Å². The first-order chi connectivity index (χ1) is 19.6. The molecule has 0 saturated heterocycles. The fourth-order valence-electron chi connectivity index (χ4n) is 3.97. The van der Waals surface area contributed by atoms with Crippen molar-refractivity contribution < 1.29 is 37.4 Å². The predicted molar refractivity (Wildman–Crippen MR) is 147 cm³/mol. The van der Waals surface area contributed by atoms with Crippen LogP contribution < -0.4 is 15.4 Å². The van der Waals surface area contributed by atoms with Crippen LogP contribution in [0.5, 0.6) is 11.5 Å². The van der Waals surface area contributed by atoms with Crippen molar-refractivity contribution in [2.24, 2.45) is 0 Å². The van der Waals surface area contributed by atoms with Crippen molar-refractivity contribution in [2.75, 3.05) is 5.32 Å². The van der Waals surface area contributed by atoms with Crippen molar-refractivity contribution >= 4 is 34.3 Å². The lowest BCUT2D eigenvalue weighted by atomic mass is 10.1. The number of aromatic nitrogens is 1. The van der Waals surface area contributed by atoms with Crippen LogP contribution in [0.2, 0.25) is 0 Å². The van der Waals surface area contributed by atoms with Gasteiger partial charge in [-0.1, -0.05) is 36.8 Å². The molecule has 212 valence electrons. The predicted octanol–water partition coefficient (Wildman–Crippen LogP) is 6.18. The molecule has 0 bridgehead atoms. The van der Waals surface area contributed by atoms with Gasteiger partial charge in [0, 0.05) is 11.6 Å². The smallest absolute Gasteiger partial charge is 0.356 e. The standard InChI is InChI=1S/C29H24F3N3O5S/c1-2-5-22(33-24(36)14-16-12-18(31)15-19(32)13-16)27(37)35-29-34-25(28(38)39)26(41-29)21-6-3-4-7-23(21)40-20-10-8-17(30)9-11-20/h3-4,6-13,15,22H,2,5,14H2,1H3,(H,33,36)(H,38,39)(H,34,35,37)/t22-/m0/s1. The first-order valence-electron chi connectivity index (χ1n) is 12.4. The van der Waals surface area contributed by atoms with E-state index in [0.29, 0.717) is 23.8 Å². The molecule has 0 unspecified atom stereocenters. The van der Waals surface area contributed by atoms with Crippen molar-refractivity contribution in [1.29, 1.82) is 0 Å². The minimum atomic E-state index is -1.34. The van der Waals surface area contributed by atoms with E-state index in [1.165, 1.54) is 24.3 Å². The number of carbonyl (C=O) groups excluding carboxylic acids is 2. The van der Waals surface area contributed by atoms with E-state index in [0.717, 1.165) is 23.5 Å². The highest BCUT2D eigenvalue weighted by Gasteiger charge is 2.25. The van der Waals surface area contributed by atoms with E-state index in [2.05, 4.69) is 15.6 Å². The highest BCUT2D eigenvalue weighted by molar-refractivity contribution is 7.19. The lowest BCUT2D eigenvalue weighted by molar-refractivity contribution is -0.126. The van der Waals surface area contributed by atoms with Gasteiger partial charge in [0.05, 0.1) is 11.3 Å². The summed E-state index contributed by atoms with van der Waals surface area (Å²) < 4.78 is 46.1. The summed E-state index contributed by atoms with van der Waals surface area (Å²) in [6.07, 6.45) is 0.412. The average Bonchev–Trinajstić information content (AvgIpc) is 3.33. The molecule has 0 spiro atoms. The summed E-state index contributed by atoms with van der Waals surface area (Å²) in [6, 6.07) is 13.6. The number of para-hydroxylation sites is 1. The number of aromatic carboxylic acids is 1. The number of thiazole rings is 1. The third kappa shape index (κ3) is 7.70. The van der Waals surface area contributed by atoms with Gasteiger partial charge in [-0.2, -0.15) is 0 Å². The van der Waals surface area contributed by atoms with E-state index in [1.54, 1.807) is 31.2 Å². The highest BCUT2D eigenvalue weighted by Crippen LogP contribution is 2.40. The normalized spacial score (nSPS) is 11.5. The van der Waals surface area contributed by atoms with Crippen LogP contribution in [-0.4, -0.2) is 33.9 Å². The lowest BCUT2D eigenvalue weighted by Crippen LogP contribution is -2.44. The van der Waals surface area contributed by atoms with Crippen LogP contribution in [0.15, 0.2) is 66.7 Å². The van der Waals surface area contributed by atoms with E-state index in [1.807, 2.05) is 0 Å². The number of rotatable bonds is 11. The highest BCUT2D eigenvalue weighted by atomic mass is 32.1. The number of carboxylic acid groups (broad SMARTS) is 1. The molecule has 41 heavy (non-hydrogen) atoms. The molecular formula is C29H24F3N3O5S. The van der Waals surface area contributed by atoms with Gasteiger partial charge in [0.25, 0.3) is 0 Å². The van der Waals surface area contributed by atoms with Gasteiger partial charge < -0.3 is 20.5 Å². The van der Waals surface area contributed by atoms with Crippen LogP contribution in [0.4, 0.5) is 18.3 Å². The minimum Gasteiger partial charge on any atom is -0.476 e. The number of carboxylic acids is 1. The Hall–Kier alpha value is -4.71. The lowest BCUT2D eigenvalue weighted by Gasteiger charge is -2.17. The molecule has 1 atom stereocenters. The van der Waals surface area contributed by atoms with Crippen molar-refractivity contribution in [1.82, 2.24) is 10.3 Å². The number of carbonyl (C=O) groups is 3. The van der Waals surface area contributed by atoms with Crippen LogP contribution in [0.3, 0.4) is 0 Å². The maximum absolute atomic E-state index is 13.5. The minimum absolute atomic E-state index is 0.0264. The largest absolute Gasteiger partial charge is 0.476 e. The number of ether oxygens (including phenoxy) is 1. The van der Waals surface area contributed by atoms with E-state index in [9.17, 15) is 32.7 Å². The van der Waals surface area contributed by atoms with Gasteiger partial charge in [-0.05, 0) is 60.5 Å². The summed E-state index contributed by atoms with van der Waals surface area (Å²) in [7, 11) is 0. The molecule has 0 fully saturated rings. The molecular weight excluding hydrogens is 559 g/mol. The quantitative estimate of drug-likeness (QED) is 0.194. The monoisotopic (exact) mass is 583 g/mol. The molecule has 1 aromatic heterocycles. The molecule has 3 aromatic carbocycles. The van der Waals surface area contributed by atoms with Crippen LogP contribution in [0.1, 0.15) is 35.8 Å². The number of amides is 2. The fraction of sp³-hybridized carbons (Fsp3) is 0.172. The molecule has 0 aliphatic rings. The van der Waals surface area contributed by atoms with E-state index >= 15 is 0 Å². The van der Waals surface area contributed by atoms with E-state index < -0.39 is 41.3 Å². The Morgan fingerprint density at radius 3 is 2.32 bits per heavy atom. The zero-order valence-electron chi connectivity index (χ0n) is 21.6. The first-order valence-corrected chi connectivity index (χ1v) is 13.3. The van der Waals surface area contributed by atoms with Crippen LogP contribution in [-0.2, 0) is 16.0 Å². The maximum atomic E-state index is 13.5. The van der Waals surface area contributed by atoms with Crippen molar-refractivity contribution in [2.45, 2.75) is 32.2 Å². The molecule has 4 aromatic rings. The van der Waals surface area contributed by atoms with Crippen LogP contribution >= 0.6 is 11.3 Å². The number of nitrogens with zero attached hydrogens (tertiary/aromatic N) is 1. The first kappa shape index (κ1) is 29.3. The second kappa shape index (κ2) is 13.1. The van der Waals surface area contributed by atoms with Crippen molar-refractivity contribution in [3.05, 3.63) is 95.4 Å². The van der Waals surface area contributed by atoms with Crippen LogP contribution in [0.25, 0.3) is 10.4 Å². The van der Waals surface area contributed by atoms with Crippen molar-refractivity contribution in [3.63, 3.8) is 0 Å². The Labute approximate surface area is 236 Å². The summed E-state index contributed by atoms with van der Waals surface area (Å²) in [4.78, 5) is 42.0. The van der Waals surface area contributed by atoms with Gasteiger partial charge in [0.2, 0.25) is 11.8 Å². The van der Waals surface area contributed by atoms with Gasteiger partial charge >= 0.3 is 5.97 Å². The van der Waals surface area contributed by atoms with Gasteiger partial charge in [-0.15, -0.1) is 0 Å². The Morgan fingerprint density at radius 1 is 0.976 bits per heavy atom. The number of halogens is 3. The molecule has 0 aliphatic carbocycles. The summed E-state index contributed by atoms with van der Waals surface area (Å²) in [6.45, 7) is 1.80. The molecule has 2 amide bonds. The topological polar surface area (TPSA) is 118 Å². The zero-order valence-corrected chi connectivity index (χ0v) is 22.4. The third-order valence-corrected chi connectivity index (χ3v) is 6.75. The van der Waals surface area contributed by atoms with E-state index in [-0.39, 0.29) is 39.9 Å². The number of hydrogen-bond donors (Lipinski definition) is 3. The van der Waals surface area contributed by atoms with Crippen LogP contribution in [0, 0.1) is 17.5 Å². The molecule has 12 heteroatoms. The van der Waals surface area contributed by atoms with Gasteiger partial charge in [0.15, 0.2) is 10.8 Å². The molecule has 0 radical (unpaired) electrons. The summed E-state index contributed by atoms with van der Waals surface area (Å²) in [5.41, 5.74) is 0.158. The van der Waals surface area contributed by atoms with Gasteiger partial charge in [-0.3, -0.25) is 9.59 Å². The molecule has 0 saturated carbocycles. The van der Waals surface area contributed by atoms with E-state index in [4.69, 9.17) is 4.74 Å². The number of hydrogen-bond acceptors (Lipinski definition) is 6. The Balaban J connectivity index is 1.54.